The summed E-state index contributed by atoms with van der Waals surface area (Å²) < 4.78 is 10.1. The highest BCUT2D eigenvalue weighted by molar-refractivity contribution is 5.79. The monoisotopic (exact) mass is 536 g/mol. The standard InChI is InChI=1S/C24H28N2O12/c1-37-13-3-5-17(27)15(9-13)21(23(33)34)25(11-19(29)30)7-8-26(12-20(31)32)22(24(35)36)16-10-14(38-2)4-6-18(16)28/h3-6,9-10,21-22,27-28H,7-8,11-12H2,1-2H3,(H,29,30)(H,31,32)(H,33,34)(H,35,36)/t21-,22?/m0/s1. The molecule has 0 spiro atoms. The summed E-state index contributed by atoms with van der Waals surface area (Å²) in [5.41, 5.74) is -0.383. The predicted molar refractivity (Wildman–Crippen MR) is 128 cm³/mol. The van der Waals surface area contributed by atoms with E-state index in [0.717, 1.165) is 9.80 Å². The highest BCUT2D eigenvalue weighted by atomic mass is 16.5. The van der Waals surface area contributed by atoms with E-state index in [2.05, 4.69) is 0 Å². The lowest BCUT2D eigenvalue weighted by Crippen LogP contribution is -2.46. The van der Waals surface area contributed by atoms with Gasteiger partial charge in [0.1, 0.15) is 35.1 Å². The van der Waals surface area contributed by atoms with Crippen molar-refractivity contribution >= 4 is 23.9 Å². The fourth-order valence-electron chi connectivity index (χ4n) is 3.93. The molecule has 0 radical (unpaired) electrons. The molecule has 2 rings (SSSR count). The molecule has 206 valence electrons. The summed E-state index contributed by atoms with van der Waals surface area (Å²) in [6.07, 6.45) is 0. The molecule has 0 amide bonds. The minimum atomic E-state index is -1.72. The molecular weight excluding hydrogens is 508 g/mol. The molecule has 0 saturated heterocycles. The third-order valence-corrected chi connectivity index (χ3v) is 5.61. The quantitative estimate of drug-likeness (QED) is 0.186. The normalized spacial score (nSPS) is 12.6. The second kappa shape index (κ2) is 13.1. The van der Waals surface area contributed by atoms with Crippen molar-refractivity contribution in [2.24, 2.45) is 0 Å². The number of carboxylic acids is 4. The molecule has 14 heteroatoms. The fraction of sp³-hybridized carbons (Fsp3) is 0.333. The zero-order valence-corrected chi connectivity index (χ0v) is 20.5. The zero-order valence-electron chi connectivity index (χ0n) is 20.5. The van der Waals surface area contributed by atoms with Crippen molar-refractivity contribution in [3.8, 4) is 23.0 Å². The van der Waals surface area contributed by atoms with Crippen LogP contribution in [0.4, 0.5) is 0 Å². The summed E-state index contributed by atoms with van der Waals surface area (Å²) in [4.78, 5) is 49.6. The number of carboxylic acid groups (broad SMARTS) is 4. The molecule has 0 saturated carbocycles. The van der Waals surface area contributed by atoms with E-state index in [1.54, 1.807) is 0 Å². The average Bonchev–Trinajstić information content (AvgIpc) is 2.83. The van der Waals surface area contributed by atoms with Crippen molar-refractivity contribution < 1.29 is 59.3 Å². The number of aromatic hydroxyl groups is 2. The van der Waals surface area contributed by atoms with E-state index in [1.165, 1.54) is 50.6 Å². The van der Waals surface area contributed by atoms with Gasteiger partial charge in [0.2, 0.25) is 0 Å². The smallest absolute Gasteiger partial charge is 0.325 e. The first-order valence-electron chi connectivity index (χ1n) is 11.0. The third-order valence-electron chi connectivity index (χ3n) is 5.61. The van der Waals surface area contributed by atoms with Crippen molar-refractivity contribution in [2.75, 3.05) is 40.4 Å². The second-order valence-electron chi connectivity index (χ2n) is 8.06. The molecule has 6 N–H and O–H groups in total. The number of nitrogens with zero attached hydrogens (tertiary/aromatic N) is 2. The minimum absolute atomic E-state index is 0.186. The molecule has 0 bridgehead atoms. The summed E-state index contributed by atoms with van der Waals surface area (Å²) >= 11 is 0. The first-order valence-corrected chi connectivity index (χ1v) is 11.0. The van der Waals surface area contributed by atoms with Gasteiger partial charge in [-0.25, -0.2) is 0 Å². The summed E-state index contributed by atoms with van der Waals surface area (Å²) in [6.45, 7) is -2.61. The average molecular weight is 536 g/mol. The Bertz CT molecular complexity index is 1090. The maximum Gasteiger partial charge on any atom is 0.325 e. The van der Waals surface area contributed by atoms with E-state index in [-0.39, 0.29) is 22.6 Å². The van der Waals surface area contributed by atoms with Crippen LogP contribution >= 0.6 is 0 Å². The van der Waals surface area contributed by atoms with Crippen molar-refractivity contribution in [3.05, 3.63) is 47.5 Å². The topological polar surface area (TPSA) is 215 Å². The van der Waals surface area contributed by atoms with E-state index in [1.807, 2.05) is 0 Å². The largest absolute Gasteiger partial charge is 0.508 e. The van der Waals surface area contributed by atoms with E-state index < -0.39 is 73.6 Å². The Balaban J connectivity index is 2.52. The van der Waals surface area contributed by atoms with Crippen LogP contribution in [-0.2, 0) is 19.2 Å². The Morgan fingerprint density at radius 1 is 0.684 bits per heavy atom. The lowest BCUT2D eigenvalue weighted by molar-refractivity contribution is -0.150. The number of phenols is 2. The summed E-state index contributed by atoms with van der Waals surface area (Å²) in [5, 5.41) is 59.4. The van der Waals surface area contributed by atoms with Crippen LogP contribution in [0, 0.1) is 0 Å². The number of phenolic OH excluding ortho intramolecular Hbond substituents is 2. The molecule has 0 aliphatic carbocycles. The van der Waals surface area contributed by atoms with Crippen molar-refractivity contribution in [2.45, 2.75) is 12.1 Å². The van der Waals surface area contributed by atoms with E-state index in [0.29, 0.717) is 0 Å². The predicted octanol–water partition coefficient (Wildman–Crippen LogP) is 0.840. The number of rotatable bonds is 15. The van der Waals surface area contributed by atoms with Crippen molar-refractivity contribution in [1.82, 2.24) is 9.80 Å². The SMILES string of the molecule is COc1ccc(O)c(C(C(=O)O)N(CCN(CC(=O)O)[C@H](C(=O)O)c2cc(OC)ccc2O)CC(=O)O)c1. The second-order valence-corrected chi connectivity index (χ2v) is 8.06. The highest BCUT2D eigenvalue weighted by Crippen LogP contribution is 2.34. The van der Waals surface area contributed by atoms with Crippen LogP contribution in [0.15, 0.2) is 36.4 Å². The van der Waals surface area contributed by atoms with Crippen LogP contribution in [0.1, 0.15) is 23.2 Å². The van der Waals surface area contributed by atoms with Gasteiger partial charge in [0.25, 0.3) is 0 Å². The Morgan fingerprint density at radius 3 is 1.29 bits per heavy atom. The van der Waals surface area contributed by atoms with E-state index in [9.17, 15) is 49.8 Å². The Morgan fingerprint density at radius 2 is 1.03 bits per heavy atom. The molecule has 0 aliphatic heterocycles. The summed E-state index contributed by atoms with van der Waals surface area (Å²) in [5.74, 6) is -6.45. The van der Waals surface area contributed by atoms with Gasteiger partial charge in [-0.1, -0.05) is 0 Å². The van der Waals surface area contributed by atoms with Gasteiger partial charge in [-0.15, -0.1) is 0 Å². The maximum atomic E-state index is 12.2. The Kier molecular flexibility index (Phi) is 10.2. The van der Waals surface area contributed by atoms with E-state index in [4.69, 9.17) is 9.47 Å². The minimum Gasteiger partial charge on any atom is -0.508 e. The van der Waals surface area contributed by atoms with Crippen molar-refractivity contribution in [3.63, 3.8) is 0 Å². The molecule has 0 fully saturated rings. The van der Waals surface area contributed by atoms with Crippen LogP contribution in [0.2, 0.25) is 0 Å². The number of methoxy groups -OCH3 is 2. The number of hydrogen-bond donors (Lipinski definition) is 6. The first kappa shape index (κ1) is 29.7. The molecule has 1 unspecified atom stereocenters. The van der Waals surface area contributed by atoms with Crippen LogP contribution in [-0.4, -0.2) is 105 Å². The van der Waals surface area contributed by atoms with Crippen LogP contribution in [0.5, 0.6) is 23.0 Å². The fourth-order valence-corrected chi connectivity index (χ4v) is 3.93. The number of hydrogen-bond acceptors (Lipinski definition) is 10. The molecule has 2 aromatic rings. The lowest BCUT2D eigenvalue weighted by Gasteiger charge is -2.33. The first-order chi connectivity index (χ1) is 17.9. The molecular formula is C24H28N2O12. The van der Waals surface area contributed by atoms with E-state index >= 15 is 0 Å². The van der Waals surface area contributed by atoms with Crippen LogP contribution in [0.25, 0.3) is 0 Å². The lowest BCUT2D eigenvalue weighted by atomic mass is 10.0. The van der Waals surface area contributed by atoms with Gasteiger partial charge in [0, 0.05) is 24.2 Å². The van der Waals surface area contributed by atoms with Crippen LogP contribution < -0.4 is 9.47 Å². The van der Waals surface area contributed by atoms with Gasteiger partial charge in [0.05, 0.1) is 27.3 Å². The number of aliphatic carboxylic acids is 4. The summed E-state index contributed by atoms with van der Waals surface area (Å²) in [6, 6.07) is 4.07. The Hall–Kier alpha value is -4.56. The number of carbonyl (C=O) groups is 4. The third kappa shape index (κ3) is 7.47. The molecule has 0 aromatic heterocycles. The molecule has 0 aliphatic rings. The molecule has 0 heterocycles. The zero-order chi connectivity index (χ0) is 28.6. The number of benzene rings is 2. The van der Waals surface area contributed by atoms with Gasteiger partial charge in [-0.05, 0) is 36.4 Å². The molecule has 14 nitrogen and oxygen atoms in total. The maximum absolute atomic E-state index is 12.2. The molecule has 38 heavy (non-hydrogen) atoms. The van der Waals surface area contributed by atoms with Gasteiger partial charge >= 0.3 is 23.9 Å². The molecule has 2 aromatic carbocycles. The van der Waals surface area contributed by atoms with Crippen LogP contribution in [0.3, 0.4) is 0 Å². The highest BCUT2D eigenvalue weighted by Gasteiger charge is 2.35. The summed E-state index contributed by atoms with van der Waals surface area (Å²) in [7, 11) is 2.62. The van der Waals surface area contributed by atoms with Gasteiger partial charge in [-0.2, -0.15) is 0 Å². The van der Waals surface area contributed by atoms with Crippen molar-refractivity contribution in [1.29, 1.82) is 0 Å². The molecule has 2 atom stereocenters. The number of ether oxygens (including phenoxy) is 2. The Labute approximate surface area is 216 Å². The van der Waals surface area contributed by atoms with Gasteiger partial charge < -0.3 is 40.1 Å². The van der Waals surface area contributed by atoms with Gasteiger partial charge in [0.15, 0.2) is 0 Å². The van der Waals surface area contributed by atoms with Gasteiger partial charge in [-0.3, -0.25) is 29.0 Å².